The van der Waals surface area contributed by atoms with Crippen LogP contribution in [0.15, 0.2) is 18.3 Å². The summed E-state index contributed by atoms with van der Waals surface area (Å²) in [7, 11) is 3.28. The van der Waals surface area contributed by atoms with Gasteiger partial charge in [-0.1, -0.05) is 0 Å². The third kappa shape index (κ3) is 6.17. The maximum absolute atomic E-state index is 11.9. The number of rotatable bonds is 6. The second-order valence-electron chi connectivity index (χ2n) is 6.04. The summed E-state index contributed by atoms with van der Waals surface area (Å²) in [6.45, 7) is 6.40. The third-order valence-electron chi connectivity index (χ3n) is 2.87. The van der Waals surface area contributed by atoms with Crippen LogP contribution in [0.25, 0.3) is 0 Å². The lowest BCUT2D eigenvalue weighted by atomic mass is 10.2. The second kappa shape index (κ2) is 7.84. The molecule has 0 aliphatic carbocycles. The Labute approximate surface area is 131 Å². The molecule has 0 saturated heterocycles. The van der Waals surface area contributed by atoms with E-state index in [9.17, 15) is 4.79 Å². The van der Waals surface area contributed by atoms with Gasteiger partial charge in [-0.25, -0.2) is 9.78 Å². The number of nitrogen functional groups attached to an aromatic ring is 1. The lowest BCUT2D eigenvalue weighted by molar-refractivity contribution is 0.0164. The van der Waals surface area contributed by atoms with Gasteiger partial charge in [-0.2, -0.15) is 0 Å². The van der Waals surface area contributed by atoms with Crippen LogP contribution in [0.4, 0.5) is 16.3 Å². The number of nitrogens with zero attached hydrogens (tertiary/aromatic N) is 2. The lowest BCUT2D eigenvalue weighted by Crippen LogP contribution is -2.41. The Balaban J connectivity index is 2.51. The summed E-state index contributed by atoms with van der Waals surface area (Å²) in [5.74, 6) is 0.429. The maximum Gasteiger partial charge on any atom is 0.410 e. The number of anilines is 2. The average molecular weight is 310 g/mol. The van der Waals surface area contributed by atoms with Crippen LogP contribution in [0.1, 0.15) is 20.8 Å². The molecule has 0 saturated carbocycles. The van der Waals surface area contributed by atoms with Crippen LogP contribution in [0.3, 0.4) is 0 Å². The molecule has 0 spiro atoms. The van der Waals surface area contributed by atoms with Gasteiger partial charge in [-0.15, -0.1) is 0 Å². The molecule has 7 nitrogen and oxygen atoms in total. The van der Waals surface area contributed by atoms with E-state index in [1.165, 1.54) is 4.90 Å². The van der Waals surface area contributed by atoms with Crippen LogP contribution < -0.4 is 11.1 Å². The predicted octanol–water partition coefficient (Wildman–Crippen LogP) is 1.96. The largest absolute Gasteiger partial charge is 0.444 e. The zero-order chi connectivity index (χ0) is 16.8. The van der Waals surface area contributed by atoms with E-state index in [2.05, 4.69) is 10.3 Å². The van der Waals surface area contributed by atoms with Crippen LogP contribution >= 0.6 is 0 Å². The smallest absolute Gasteiger partial charge is 0.410 e. The molecular weight excluding hydrogens is 284 g/mol. The number of nitrogens with one attached hydrogen (secondary N) is 1. The number of nitrogens with two attached hydrogens (primary N) is 1. The molecule has 1 atom stereocenters. The van der Waals surface area contributed by atoms with Gasteiger partial charge in [0.2, 0.25) is 0 Å². The van der Waals surface area contributed by atoms with Crippen molar-refractivity contribution >= 4 is 17.6 Å². The van der Waals surface area contributed by atoms with Crippen molar-refractivity contribution in [1.29, 1.82) is 0 Å². The van der Waals surface area contributed by atoms with Gasteiger partial charge in [0.15, 0.2) is 0 Å². The number of methoxy groups -OCH3 is 1. The van der Waals surface area contributed by atoms with E-state index in [1.807, 2.05) is 26.8 Å². The molecule has 0 radical (unpaired) electrons. The van der Waals surface area contributed by atoms with Crippen molar-refractivity contribution in [1.82, 2.24) is 9.88 Å². The summed E-state index contributed by atoms with van der Waals surface area (Å²) in [5.41, 5.74) is 5.99. The number of ether oxygens (including phenoxy) is 2. The number of amides is 1. The zero-order valence-electron chi connectivity index (χ0n) is 13.9. The molecule has 1 aromatic rings. The summed E-state index contributed by atoms with van der Waals surface area (Å²) in [5, 5.41) is 3.17. The number of likely N-dealkylation sites (N-methyl/N-ethyl adjacent to an activating group) is 1. The molecule has 22 heavy (non-hydrogen) atoms. The molecule has 1 heterocycles. The predicted molar refractivity (Wildman–Crippen MR) is 86.8 cm³/mol. The van der Waals surface area contributed by atoms with Crippen molar-refractivity contribution in [2.45, 2.75) is 32.5 Å². The Morgan fingerprint density at radius 3 is 2.73 bits per heavy atom. The summed E-state index contributed by atoms with van der Waals surface area (Å²) < 4.78 is 10.7. The van der Waals surface area contributed by atoms with Crippen molar-refractivity contribution in [3.8, 4) is 0 Å². The van der Waals surface area contributed by atoms with Gasteiger partial charge in [0, 0.05) is 26.9 Å². The van der Waals surface area contributed by atoms with Crippen LogP contribution in [0.5, 0.6) is 0 Å². The number of hydrogen-bond donors (Lipinski definition) is 2. The summed E-state index contributed by atoms with van der Waals surface area (Å²) in [4.78, 5) is 17.4. The van der Waals surface area contributed by atoms with Gasteiger partial charge < -0.3 is 25.4 Å². The Morgan fingerprint density at radius 2 is 2.18 bits per heavy atom. The summed E-state index contributed by atoms with van der Waals surface area (Å²) >= 11 is 0. The molecule has 1 rings (SSSR count). The van der Waals surface area contributed by atoms with Crippen molar-refractivity contribution in [3.63, 3.8) is 0 Å². The van der Waals surface area contributed by atoms with E-state index < -0.39 is 5.60 Å². The van der Waals surface area contributed by atoms with Crippen molar-refractivity contribution in [2.24, 2.45) is 0 Å². The molecule has 124 valence electrons. The molecule has 1 aromatic heterocycles. The fraction of sp³-hybridized carbons (Fsp3) is 0.600. The van der Waals surface area contributed by atoms with Gasteiger partial charge in [0.05, 0.1) is 18.3 Å². The number of carbonyl (C=O) groups excluding carboxylic acids is 1. The van der Waals surface area contributed by atoms with E-state index >= 15 is 0 Å². The molecule has 0 fully saturated rings. The first-order chi connectivity index (χ1) is 10.2. The fourth-order valence-electron chi connectivity index (χ4n) is 1.73. The molecule has 0 bridgehead atoms. The minimum absolute atomic E-state index is 0.197. The highest BCUT2D eigenvalue weighted by atomic mass is 16.6. The molecule has 1 amide bonds. The number of carbonyl (C=O) groups is 1. The molecule has 0 aromatic carbocycles. The monoisotopic (exact) mass is 310 g/mol. The number of pyridine rings is 1. The van der Waals surface area contributed by atoms with Crippen molar-refractivity contribution in [2.75, 3.05) is 38.3 Å². The number of aromatic nitrogens is 1. The molecule has 0 aliphatic rings. The van der Waals surface area contributed by atoms with Gasteiger partial charge in [0.1, 0.15) is 11.4 Å². The lowest BCUT2D eigenvalue weighted by Gasteiger charge is -2.27. The summed E-state index contributed by atoms with van der Waals surface area (Å²) in [6, 6.07) is 3.64. The molecule has 0 unspecified atom stereocenters. The second-order valence-corrected chi connectivity index (χ2v) is 6.04. The number of hydrogen-bond acceptors (Lipinski definition) is 6. The van der Waals surface area contributed by atoms with Crippen molar-refractivity contribution < 1.29 is 14.3 Å². The van der Waals surface area contributed by atoms with E-state index in [0.717, 1.165) is 5.69 Å². The standard InChI is InChI=1S/C15H26N4O3/c1-15(2,3)22-14(20)19(4)10-11(21-5)9-18-12-7-6-8-17-13(12)16/h6-8,11,18H,9-10H2,1-5H3,(H2,16,17)/t11-/m1/s1. The first-order valence-corrected chi connectivity index (χ1v) is 7.14. The fourth-order valence-corrected chi connectivity index (χ4v) is 1.73. The summed E-state index contributed by atoms with van der Waals surface area (Å²) in [6.07, 6.45) is 1.05. The molecule has 3 N–H and O–H groups in total. The van der Waals surface area contributed by atoms with Crippen LogP contribution in [0, 0.1) is 0 Å². The Bertz CT molecular complexity index is 488. The molecular formula is C15H26N4O3. The van der Waals surface area contributed by atoms with Crippen LogP contribution in [-0.2, 0) is 9.47 Å². The normalized spacial score (nSPS) is 12.6. The zero-order valence-corrected chi connectivity index (χ0v) is 13.9. The highest BCUT2D eigenvalue weighted by Gasteiger charge is 2.22. The van der Waals surface area contributed by atoms with E-state index in [0.29, 0.717) is 18.9 Å². The first kappa shape index (κ1) is 18.0. The third-order valence-corrected chi connectivity index (χ3v) is 2.87. The minimum atomic E-state index is -0.518. The molecule has 0 aliphatic heterocycles. The van der Waals surface area contributed by atoms with E-state index in [-0.39, 0.29) is 12.2 Å². The topological polar surface area (TPSA) is 89.7 Å². The highest BCUT2D eigenvalue weighted by Crippen LogP contribution is 2.14. The van der Waals surface area contributed by atoms with Gasteiger partial charge in [-0.3, -0.25) is 0 Å². The average Bonchev–Trinajstić information content (AvgIpc) is 2.42. The van der Waals surface area contributed by atoms with Gasteiger partial charge >= 0.3 is 6.09 Å². The van der Waals surface area contributed by atoms with Crippen molar-refractivity contribution in [3.05, 3.63) is 18.3 Å². The van der Waals surface area contributed by atoms with E-state index in [1.54, 1.807) is 26.4 Å². The highest BCUT2D eigenvalue weighted by molar-refractivity contribution is 5.67. The van der Waals surface area contributed by atoms with Gasteiger partial charge in [0.25, 0.3) is 0 Å². The molecule has 7 heteroatoms. The quantitative estimate of drug-likeness (QED) is 0.835. The van der Waals surface area contributed by atoms with Crippen LogP contribution in [-0.4, -0.2) is 54.9 Å². The van der Waals surface area contributed by atoms with E-state index in [4.69, 9.17) is 15.2 Å². The Hall–Kier alpha value is -2.02. The Morgan fingerprint density at radius 1 is 1.50 bits per heavy atom. The maximum atomic E-state index is 11.9. The van der Waals surface area contributed by atoms with Gasteiger partial charge in [-0.05, 0) is 32.9 Å². The first-order valence-electron chi connectivity index (χ1n) is 7.14. The minimum Gasteiger partial charge on any atom is -0.444 e. The Kier molecular flexibility index (Phi) is 6.42. The van der Waals surface area contributed by atoms with Crippen LogP contribution in [0.2, 0.25) is 0 Å². The SMILES string of the molecule is CO[C@H](CNc1cccnc1N)CN(C)C(=O)OC(C)(C)C.